The lowest BCUT2D eigenvalue weighted by molar-refractivity contribution is -0.133. The van der Waals surface area contributed by atoms with E-state index in [-0.39, 0.29) is 17.7 Å². The summed E-state index contributed by atoms with van der Waals surface area (Å²) in [6.45, 7) is 3.53. The summed E-state index contributed by atoms with van der Waals surface area (Å²) in [5, 5.41) is 0. The molecule has 1 amide bonds. The SMILES string of the molecule is O=C(CCN1c2ccccc2Sc2ccccc21)N1CCN(C2CCS(=O)(=O)C2)CC1. The van der Waals surface area contributed by atoms with Gasteiger partial charge < -0.3 is 9.80 Å². The molecule has 31 heavy (non-hydrogen) atoms. The Morgan fingerprint density at radius 3 is 2.13 bits per heavy atom. The van der Waals surface area contributed by atoms with Crippen LogP contribution in [0.4, 0.5) is 11.4 Å². The number of benzene rings is 2. The van der Waals surface area contributed by atoms with Gasteiger partial charge in [-0.25, -0.2) is 8.42 Å². The molecule has 3 aliphatic rings. The van der Waals surface area contributed by atoms with Crippen LogP contribution in [-0.2, 0) is 14.6 Å². The first-order valence-electron chi connectivity index (χ1n) is 10.9. The maximum atomic E-state index is 13.0. The largest absolute Gasteiger partial charge is 0.340 e. The molecule has 2 fully saturated rings. The van der Waals surface area contributed by atoms with Crippen LogP contribution in [0, 0.1) is 0 Å². The third-order valence-electron chi connectivity index (χ3n) is 6.47. The molecule has 2 saturated heterocycles. The fourth-order valence-corrected chi connectivity index (χ4v) is 7.64. The molecule has 0 aromatic heterocycles. The molecule has 8 heteroatoms. The van der Waals surface area contributed by atoms with E-state index < -0.39 is 9.84 Å². The van der Waals surface area contributed by atoms with Gasteiger partial charge in [-0.15, -0.1) is 0 Å². The summed E-state index contributed by atoms with van der Waals surface area (Å²) in [6.07, 6.45) is 1.19. The average Bonchev–Trinajstić information content (AvgIpc) is 3.16. The standard InChI is InChI=1S/C23H27N3O3S2/c27-23(25-14-12-24(13-15-25)18-10-16-31(28,29)17-18)9-11-26-19-5-1-3-7-21(19)30-22-8-4-2-6-20(22)26/h1-8,18H,9-17H2. The van der Waals surface area contributed by atoms with Crippen LogP contribution >= 0.6 is 11.8 Å². The molecule has 1 unspecified atom stereocenters. The first-order valence-corrected chi connectivity index (χ1v) is 13.5. The normalized spacial score (nSPS) is 22.8. The van der Waals surface area contributed by atoms with Gasteiger partial charge in [-0.05, 0) is 30.7 Å². The van der Waals surface area contributed by atoms with Gasteiger partial charge in [0.15, 0.2) is 9.84 Å². The minimum atomic E-state index is -2.87. The third-order valence-corrected chi connectivity index (χ3v) is 9.35. The number of para-hydroxylation sites is 2. The summed E-state index contributed by atoms with van der Waals surface area (Å²) in [4.78, 5) is 21.9. The zero-order valence-corrected chi connectivity index (χ0v) is 19.1. The average molecular weight is 458 g/mol. The number of fused-ring (bicyclic) bond motifs is 2. The van der Waals surface area contributed by atoms with Crippen LogP contribution in [0.15, 0.2) is 58.3 Å². The summed E-state index contributed by atoms with van der Waals surface area (Å²) in [6, 6.07) is 16.8. The molecule has 164 valence electrons. The maximum Gasteiger partial charge on any atom is 0.224 e. The predicted octanol–water partition coefficient (Wildman–Crippen LogP) is 3.01. The minimum absolute atomic E-state index is 0.126. The monoisotopic (exact) mass is 457 g/mol. The zero-order chi connectivity index (χ0) is 21.4. The molecule has 0 spiro atoms. The van der Waals surface area contributed by atoms with Gasteiger partial charge in [0, 0.05) is 55.0 Å². The van der Waals surface area contributed by atoms with E-state index in [0.717, 1.165) is 30.9 Å². The Kier molecular flexibility index (Phi) is 5.71. The van der Waals surface area contributed by atoms with E-state index in [0.29, 0.717) is 31.8 Å². The van der Waals surface area contributed by atoms with Gasteiger partial charge in [0.05, 0.1) is 22.9 Å². The molecule has 5 rings (SSSR count). The molecular formula is C23H27N3O3S2. The van der Waals surface area contributed by atoms with Crippen LogP contribution < -0.4 is 4.90 Å². The second-order valence-electron chi connectivity index (χ2n) is 8.41. The minimum Gasteiger partial charge on any atom is -0.340 e. The first kappa shape index (κ1) is 20.8. The van der Waals surface area contributed by atoms with Crippen molar-refractivity contribution in [1.29, 1.82) is 0 Å². The summed E-state index contributed by atoms with van der Waals surface area (Å²) < 4.78 is 23.5. The van der Waals surface area contributed by atoms with Crippen molar-refractivity contribution in [3.8, 4) is 0 Å². The van der Waals surface area contributed by atoms with Gasteiger partial charge in [0.1, 0.15) is 0 Å². The zero-order valence-electron chi connectivity index (χ0n) is 17.4. The first-order chi connectivity index (χ1) is 15.0. The van der Waals surface area contributed by atoms with Gasteiger partial charge in [-0.1, -0.05) is 36.0 Å². The number of sulfone groups is 1. The van der Waals surface area contributed by atoms with Crippen molar-refractivity contribution < 1.29 is 13.2 Å². The van der Waals surface area contributed by atoms with Crippen molar-refractivity contribution in [2.75, 3.05) is 49.1 Å². The smallest absolute Gasteiger partial charge is 0.224 e. The fraction of sp³-hybridized carbons (Fsp3) is 0.435. The quantitative estimate of drug-likeness (QED) is 0.704. The molecule has 2 aromatic carbocycles. The van der Waals surface area contributed by atoms with Gasteiger partial charge in [0.25, 0.3) is 0 Å². The molecule has 0 aliphatic carbocycles. The van der Waals surface area contributed by atoms with Crippen molar-refractivity contribution >= 4 is 38.9 Å². The summed E-state index contributed by atoms with van der Waals surface area (Å²) >= 11 is 1.78. The van der Waals surface area contributed by atoms with E-state index in [4.69, 9.17) is 0 Å². The van der Waals surface area contributed by atoms with E-state index in [1.54, 1.807) is 11.8 Å². The van der Waals surface area contributed by atoms with Gasteiger partial charge in [-0.2, -0.15) is 0 Å². The van der Waals surface area contributed by atoms with Gasteiger partial charge in [-0.3, -0.25) is 9.69 Å². The van der Waals surface area contributed by atoms with Crippen molar-refractivity contribution in [1.82, 2.24) is 9.80 Å². The molecule has 3 aliphatic heterocycles. The second kappa shape index (κ2) is 8.48. The number of piperazine rings is 1. The molecular weight excluding hydrogens is 430 g/mol. The topological polar surface area (TPSA) is 60.9 Å². The van der Waals surface area contributed by atoms with Crippen LogP contribution in [0.1, 0.15) is 12.8 Å². The molecule has 3 heterocycles. The highest BCUT2D eigenvalue weighted by Crippen LogP contribution is 2.47. The van der Waals surface area contributed by atoms with Crippen molar-refractivity contribution in [3.63, 3.8) is 0 Å². The highest BCUT2D eigenvalue weighted by Gasteiger charge is 2.34. The number of amides is 1. The second-order valence-corrected chi connectivity index (χ2v) is 11.7. The highest BCUT2D eigenvalue weighted by molar-refractivity contribution is 7.99. The van der Waals surface area contributed by atoms with E-state index in [1.165, 1.54) is 9.79 Å². The van der Waals surface area contributed by atoms with Crippen LogP contribution in [0.5, 0.6) is 0 Å². The molecule has 0 bridgehead atoms. The molecule has 1 atom stereocenters. The Morgan fingerprint density at radius 1 is 0.935 bits per heavy atom. The number of rotatable bonds is 4. The van der Waals surface area contributed by atoms with Crippen molar-refractivity contribution in [3.05, 3.63) is 48.5 Å². The summed E-state index contributed by atoms with van der Waals surface area (Å²) in [7, 11) is -2.87. The lowest BCUT2D eigenvalue weighted by atomic mass is 10.1. The van der Waals surface area contributed by atoms with Crippen LogP contribution in [0.3, 0.4) is 0 Å². The number of carbonyl (C=O) groups is 1. The summed E-state index contributed by atoms with van der Waals surface area (Å²) in [5.74, 6) is 0.743. The van der Waals surface area contributed by atoms with Crippen LogP contribution in [0.2, 0.25) is 0 Å². The Labute approximate surface area is 188 Å². The predicted molar refractivity (Wildman–Crippen MR) is 124 cm³/mol. The Bertz CT molecular complexity index is 1040. The maximum absolute atomic E-state index is 13.0. The van der Waals surface area contributed by atoms with Crippen molar-refractivity contribution in [2.24, 2.45) is 0 Å². The molecule has 6 nitrogen and oxygen atoms in total. The van der Waals surface area contributed by atoms with E-state index >= 15 is 0 Å². The number of anilines is 2. The third kappa shape index (κ3) is 4.33. The number of nitrogens with zero attached hydrogens (tertiary/aromatic N) is 3. The molecule has 2 aromatic rings. The molecule has 0 N–H and O–H groups in total. The Morgan fingerprint density at radius 2 is 1.55 bits per heavy atom. The Hall–Kier alpha value is -2.03. The van der Waals surface area contributed by atoms with Crippen LogP contribution in [0.25, 0.3) is 0 Å². The van der Waals surface area contributed by atoms with Crippen LogP contribution in [-0.4, -0.2) is 74.4 Å². The molecule has 0 saturated carbocycles. The van der Waals surface area contributed by atoms with Gasteiger partial charge in [0.2, 0.25) is 5.91 Å². The molecule has 0 radical (unpaired) electrons. The fourth-order valence-electron chi connectivity index (χ4n) is 4.79. The number of hydrogen-bond donors (Lipinski definition) is 0. The number of carbonyl (C=O) groups excluding carboxylic acids is 1. The highest BCUT2D eigenvalue weighted by atomic mass is 32.2. The lowest BCUT2D eigenvalue weighted by Gasteiger charge is -2.38. The van der Waals surface area contributed by atoms with Gasteiger partial charge >= 0.3 is 0 Å². The number of hydrogen-bond acceptors (Lipinski definition) is 6. The van der Waals surface area contributed by atoms with E-state index in [2.05, 4.69) is 46.2 Å². The van der Waals surface area contributed by atoms with Crippen molar-refractivity contribution in [2.45, 2.75) is 28.7 Å². The van der Waals surface area contributed by atoms with E-state index in [9.17, 15) is 13.2 Å². The summed E-state index contributed by atoms with van der Waals surface area (Å²) in [5.41, 5.74) is 2.32. The van der Waals surface area contributed by atoms with E-state index in [1.807, 2.05) is 17.0 Å². The Balaban J connectivity index is 1.21. The lowest BCUT2D eigenvalue weighted by Crippen LogP contribution is -2.52.